The van der Waals surface area contributed by atoms with Crippen LogP contribution in [0.25, 0.3) is 0 Å². The van der Waals surface area contributed by atoms with E-state index in [1.54, 1.807) is 6.07 Å². The van der Waals surface area contributed by atoms with Crippen LogP contribution in [-0.4, -0.2) is 18.2 Å². The molecule has 1 N–H and O–H groups in total. The van der Waals surface area contributed by atoms with E-state index in [1.165, 1.54) is 0 Å². The number of ketones is 1. The molecule has 1 aromatic rings. The maximum Gasteiger partial charge on any atom is 0.207 e. The Kier molecular flexibility index (Phi) is 1.85. The maximum absolute atomic E-state index is 11.6. The summed E-state index contributed by atoms with van der Waals surface area (Å²) >= 11 is 0. The van der Waals surface area contributed by atoms with Gasteiger partial charge in [-0.1, -0.05) is 24.3 Å². The average Bonchev–Trinajstić information content (AvgIpc) is 2.46. The van der Waals surface area contributed by atoms with Gasteiger partial charge in [-0.25, -0.2) is 0 Å². The van der Waals surface area contributed by atoms with E-state index >= 15 is 0 Å². The van der Waals surface area contributed by atoms with Gasteiger partial charge in [0.25, 0.3) is 0 Å². The lowest BCUT2D eigenvalue weighted by Gasteiger charge is -2.03. The smallest absolute Gasteiger partial charge is 0.207 e. The predicted molar refractivity (Wildman–Crippen MR) is 47.5 cm³/mol. The first kappa shape index (κ1) is 7.98. The first-order valence-electron chi connectivity index (χ1n) is 4.15. The van der Waals surface area contributed by atoms with E-state index in [9.17, 15) is 9.59 Å². The molecule has 2 rings (SSSR count). The Morgan fingerprint density at radius 3 is 2.85 bits per heavy atom. The molecule has 0 bridgehead atoms. The summed E-state index contributed by atoms with van der Waals surface area (Å²) < 4.78 is 0. The number of hydrogen-bond donors (Lipinski definition) is 1. The van der Waals surface area contributed by atoms with Gasteiger partial charge in [0.05, 0.1) is 6.04 Å². The second-order valence-corrected chi connectivity index (χ2v) is 3.06. The molecule has 0 heterocycles. The van der Waals surface area contributed by atoms with Crippen molar-refractivity contribution in [3.63, 3.8) is 0 Å². The molecule has 0 saturated heterocycles. The number of amides is 1. The molecule has 0 aliphatic heterocycles. The van der Waals surface area contributed by atoms with Crippen LogP contribution in [-0.2, 0) is 11.2 Å². The molecule has 66 valence electrons. The summed E-state index contributed by atoms with van der Waals surface area (Å²) in [5.74, 6) is 0.0164. The molecular formula is C10H9NO2. The average molecular weight is 175 g/mol. The highest BCUT2D eigenvalue weighted by Crippen LogP contribution is 2.21. The fourth-order valence-corrected chi connectivity index (χ4v) is 1.66. The van der Waals surface area contributed by atoms with Gasteiger partial charge in [-0.05, 0) is 5.56 Å². The van der Waals surface area contributed by atoms with Gasteiger partial charge in [0.1, 0.15) is 0 Å². The molecular weight excluding hydrogens is 166 g/mol. The third-order valence-corrected chi connectivity index (χ3v) is 2.29. The van der Waals surface area contributed by atoms with E-state index in [0.717, 1.165) is 11.1 Å². The number of Topliss-reactive ketones (excluding diaryl/α,β-unsaturated/α-hetero) is 1. The Bertz CT molecular complexity index is 360. The summed E-state index contributed by atoms with van der Waals surface area (Å²) in [5.41, 5.74) is 1.76. The lowest BCUT2D eigenvalue weighted by Crippen LogP contribution is -2.33. The first-order chi connectivity index (χ1) is 6.33. The second-order valence-electron chi connectivity index (χ2n) is 3.06. The largest absolute Gasteiger partial charge is 0.348 e. The molecule has 0 spiro atoms. The van der Waals surface area contributed by atoms with Gasteiger partial charge in [0.2, 0.25) is 6.41 Å². The number of nitrogens with one attached hydrogen (secondary N) is 1. The van der Waals surface area contributed by atoms with Crippen LogP contribution in [0.1, 0.15) is 15.9 Å². The van der Waals surface area contributed by atoms with Crippen LogP contribution in [0.15, 0.2) is 24.3 Å². The third-order valence-electron chi connectivity index (χ3n) is 2.29. The fourth-order valence-electron chi connectivity index (χ4n) is 1.66. The summed E-state index contributed by atoms with van der Waals surface area (Å²) in [6.07, 6.45) is 1.20. The third kappa shape index (κ3) is 1.22. The molecule has 1 aliphatic carbocycles. The van der Waals surface area contributed by atoms with Crippen molar-refractivity contribution in [2.45, 2.75) is 12.5 Å². The Morgan fingerprint density at radius 2 is 2.15 bits per heavy atom. The zero-order valence-electron chi connectivity index (χ0n) is 6.99. The van der Waals surface area contributed by atoms with Crippen molar-refractivity contribution in [1.29, 1.82) is 0 Å². The zero-order valence-corrected chi connectivity index (χ0v) is 6.99. The van der Waals surface area contributed by atoms with Crippen LogP contribution < -0.4 is 5.32 Å². The van der Waals surface area contributed by atoms with Gasteiger partial charge in [0, 0.05) is 12.0 Å². The molecule has 3 nitrogen and oxygen atoms in total. The minimum Gasteiger partial charge on any atom is -0.348 e. The monoisotopic (exact) mass is 175 g/mol. The molecule has 0 fully saturated rings. The van der Waals surface area contributed by atoms with Crippen LogP contribution in [0.2, 0.25) is 0 Å². The molecule has 13 heavy (non-hydrogen) atoms. The van der Waals surface area contributed by atoms with Crippen LogP contribution >= 0.6 is 0 Å². The summed E-state index contributed by atoms with van der Waals surface area (Å²) in [4.78, 5) is 21.8. The first-order valence-corrected chi connectivity index (χ1v) is 4.15. The van der Waals surface area contributed by atoms with E-state index in [4.69, 9.17) is 0 Å². The molecule has 1 amide bonds. The number of carbonyl (C=O) groups is 2. The number of hydrogen-bond acceptors (Lipinski definition) is 2. The number of rotatable bonds is 2. The minimum atomic E-state index is -0.352. The quantitative estimate of drug-likeness (QED) is 0.667. The van der Waals surface area contributed by atoms with Crippen molar-refractivity contribution in [3.05, 3.63) is 35.4 Å². The summed E-state index contributed by atoms with van der Waals surface area (Å²) in [6, 6.07) is 7.09. The van der Waals surface area contributed by atoms with Gasteiger partial charge in [-0.3, -0.25) is 9.59 Å². The van der Waals surface area contributed by atoms with Gasteiger partial charge >= 0.3 is 0 Å². The molecule has 1 aliphatic rings. The number of benzene rings is 1. The van der Waals surface area contributed by atoms with Gasteiger partial charge < -0.3 is 5.32 Å². The predicted octanol–water partition coefficient (Wildman–Crippen LogP) is 0.540. The SMILES string of the molecule is O=CNC1Cc2ccccc2C1=O. The molecule has 1 aromatic carbocycles. The van der Waals surface area contributed by atoms with E-state index in [1.807, 2.05) is 18.2 Å². The maximum atomic E-state index is 11.6. The summed E-state index contributed by atoms with van der Waals surface area (Å²) in [5, 5.41) is 2.51. The molecule has 0 radical (unpaired) electrons. The lowest BCUT2D eigenvalue weighted by atomic mass is 10.1. The van der Waals surface area contributed by atoms with Gasteiger partial charge in [0.15, 0.2) is 5.78 Å². The van der Waals surface area contributed by atoms with Crippen molar-refractivity contribution < 1.29 is 9.59 Å². The highest BCUT2D eigenvalue weighted by atomic mass is 16.1. The molecule has 0 saturated carbocycles. The van der Waals surface area contributed by atoms with Crippen molar-refractivity contribution in [3.8, 4) is 0 Å². The van der Waals surface area contributed by atoms with Crippen LogP contribution in [0.4, 0.5) is 0 Å². The van der Waals surface area contributed by atoms with Crippen LogP contribution in [0, 0.1) is 0 Å². The Labute approximate surface area is 75.8 Å². The van der Waals surface area contributed by atoms with Gasteiger partial charge in [-0.15, -0.1) is 0 Å². The molecule has 0 aromatic heterocycles. The van der Waals surface area contributed by atoms with E-state index in [0.29, 0.717) is 12.8 Å². The lowest BCUT2D eigenvalue weighted by molar-refractivity contribution is -0.109. The molecule has 1 atom stereocenters. The molecule has 3 heteroatoms. The standard InChI is InChI=1S/C10H9NO2/c12-6-11-9-5-7-3-1-2-4-8(7)10(9)13/h1-4,6,9H,5H2,(H,11,12). The number of fused-ring (bicyclic) bond motifs is 1. The minimum absolute atomic E-state index is 0.0164. The Balaban J connectivity index is 2.32. The topological polar surface area (TPSA) is 46.2 Å². The normalized spacial score (nSPS) is 19.7. The Hall–Kier alpha value is -1.64. The van der Waals surface area contributed by atoms with Gasteiger partial charge in [-0.2, -0.15) is 0 Å². The van der Waals surface area contributed by atoms with Crippen LogP contribution in [0.3, 0.4) is 0 Å². The summed E-state index contributed by atoms with van der Waals surface area (Å²) in [6.45, 7) is 0. The Morgan fingerprint density at radius 1 is 1.38 bits per heavy atom. The van der Waals surface area contributed by atoms with Crippen molar-refractivity contribution in [1.82, 2.24) is 5.32 Å². The highest BCUT2D eigenvalue weighted by molar-refractivity contribution is 6.05. The van der Waals surface area contributed by atoms with E-state index in [-0.39, 0.29) is 11.8 Å². The van der Waals surface area contributed by atoms with E-state index < -0.39 is 0 Å². The van der Waals surface area contributed by atoms with Crippen molar-refractivity contribution in [2.24, 2.45) is 0 Å². The zero-order chi connectivity index (χ0) is 9.26. The summed E-state index contributed by atoms with van der Waals surface area (Å²) in [7, 11) is 0. The van der Waals surface area contributed by atoms with E-state index in [2.05, 4.69) is 5.32 Å². The fraction of sp³-hybridized carbons (Fsp3) is 0.200. The van der Waals surface area contributed by atoms with Crippen LogP contribution in [0.5, 0.6) is 0 Å². The van der Waals surface area contributed by atoms with Crippen molar-refractivity contribution in [2.75, 3.05) is 0 Å². The highest BCUT2D eigenvalue weighted by Gasteiger charge is 2.29. The second kappa shape index (κ2) is 3.01. The molecule has 1 unspecified atom stereocenters. The van der Waals surface area contributed by atoms with Crippen molar-refractivity contribution >= 4 is 12.2 Å². The number of carbonyl (C=O) groups excluding carboxylic acids is 2.